The minimum atomic E-state index is -3.67. The van der Waals surface area contributed by atoms with Crippen LogP contribution in [0.15, 0.2) is 64.0 Å². The van der Waals surface area contributed by atoms with Crippen molar-refractivity contribution in [1.29, 1.82) is 0 Å². The molecule has 1 atom stereocenters. The summed E-state index contributed by atoms with van der Waals surface area (Å²) in [4.78, 5) is 13.3. The number of amides is 1. The summed E-state index contributed by atoms with van der Waals surface area (Å²) in [7, 11) is -3.67. The number of sulfonamides is 1. The van der Waals surface area contributed by atoms with E-state index in [1.165, 1.54) is 4.31 Å². The standard InChI is InChI=1S/C24H25BrN2O3S/c1-16-12-21(25)13-17(2)23(16)26-24(28)20-8-5-11-27(15-20)31(29,30)22-10-9-18-6-3-4-7-19(18)14-22/h3-4,6-7,9-10,12-14,20H,5,8,11,15H2,1-2H3,(H,26,28). The molecule has 31 heavy (non-hydrogen) atoms. The summed E-state index contributed by atoms with van der Waals surface area (Å²) < 4.78 is 29.0. The van der Waals surface area contributed by atoms with Gasteiger partial charge in [0.1, 0.15) is 0 Å². The Kier molecular flexibility index (Phi) is 6.19. The van der Waals surface area contributed by atoms with Crippen LogP contribution in [-0.4, -0.2) is 31.7 Å². The lowest BCUT2D eigenvalue weighted by molar-refractivity contribution is -0.120. The SMILES string of the molecule is Cc1cc(Br)cc(C)c1NC(=O)C1CCCN(S(=O)(=O)c2ccc3ccccc3c2)C1. The zero-order valence-electron chi connectivity index (χ0n) is 17.6. The van der Waals surface area contributed by atoms with Crippen LogP contribution in [0.5, 0.6) is 0 Å². The molecule has 7 heteroatoms. The third kappa shape index (κ3) is 4.54. The molecule has 5 nitrogen and oxygen atoms in total. The fourth-order valence-electron chi connectivity index (χ4n) is 4.18. The van der Waals surface area contributed by atoms with E-state index in [1.807, 2.05) is 56.3 Å². The first-order valence-corrected chi connectivity index (χ1v) is 12.6. The van der Waals surface area contributed by atoms with Gasteiger partial charge in [-0.25, -0.2) is 8.42 Å². The van der Waals surface area contributed by atoms with Crippen LogP contribution >= 0.6 is 15.9 Å². The van der Waals surface area contributed by atoms with Crippen LogP contribution in [0.4, 0.5) is 5.69 Å². The first-order chi connectivity index (χ1) is 14.8. The Labute approximate surface area is 191 Å². The summed E-state index contributed by atoms with van der Waals surface area (Å²) in [6, 6.07) is 16.8. The summed E-state index contributed by atoms with van der Waals surface area (Å²) in [5.74, 6) is -0.515. The summed E-state index contributed by atoms with van der Waals surface area (Å²) >= 11 is 3.47. The molecule has 1 heterocycles. The van der Waals surface area contributed by atoms with Gasteiger partial charge >= 0.3 is 0 Å². The molecule has 0 aromatic heterocycles. The van der Waals surface area contributed by atoms with E-state index in [2.05, 4.69) is 21.2 Å². The zero-order chi connectivity index (χ0) is 22.2. The number of fused-ring (bicyclic) bond motifs is 1. The number of carbonyl (C=O) groups excluding carboxylic acids is 1. The molecule has 162 valence electrons. The Balaban J connectivity index is 1.54. The molecule has 1 N–H and O–H groups in total. The highest BCUT2D eigenvalue weighted by Crippen LogP contribution is 2.29. The minimum absolute atomic E-state index is 0.132. The Morgan fingerprint density at radius 2 is 1.71 bits per heavy atom. The van der Waals surface area contributed by atoms with Gasteiger partial charge in [0.25, 0.3) is 0 Å². The van der Waals surface area contributed by atoms with E-state index in [1.54, 1.807) is 12.1 Å². The number of anilines is 1. The third-order valence-electron chi connectivity index (χ3n) is 5.86. The molecule has 4 rings (SSSR count). The first-order valence-electron chi connectivity index (χ1n) is 10.3. The third-order valence-corrected chi connectivity index (χ3v) is 8.18. The van der Waals surface area contributed by atoms with E-state index in [4.69, 9.17) is 0 Å². The van der Waals surface area contributed by atoms with Crippen molar-refractivity contribution >= 4 is 48.3 Å². The summed E-state index contributed by atoms with van der Waals surface area (Å²) in [5, 5.41) is 4.91. The number of rotatable bonds is 4. The van der Waals surface area contributed by atoms with Gasteiger partial charge in [-0.15, -0.1) is 0 Å². The number of halogens is 1. The summed E-state index contributed by atoms with van der Waals surface area (Å²) in [5.41, 5.74) is 2.73. The van der Waals surface area contributed by atoms with Gasteiger partial charge in [0, 0.05) is 23.2 Å². The van der Waals surface area contributed by atoms with Crippen LogP contribution in [-0.2, 0) is 14.8 Å². The maximum Gasteiger partial charge on any atom is 0.243 e. The van der Waals surface area contributed by atoms with Crippen molar-refractivity contribution in [2.75, 3.05) is 18.4 Å². The second-order valence-electron chi connectivity index (χ2n) is 8.11. The Hall–Kier alpha value is -2.22. The fraction of sp³-hybridized carbons (Fsp3) is 0.292. The predicted molar refractivity (Wildman–Crippen MR) is 128 cm³/mol. The van der Waals surface area contributed by atoms with Gasteiger partial charge in [0.05, 0.1) is 10.8 Å². The molecule has 1 aliphatic rings. The highest BCUT2D eigenvalue weighted by atomic mass is 79.9. The molecule has 3 aromatic rings. The van der Waals surface area contributed by atoms with E-state index < -0.39 is 10.0 Å². The second-order valence-corrected chi connectivity index (χ2v) is 11.0. The van der Waals surface area contributed by atoms with Crippen molar-refractivity contribution in [3.05, 3.63) is 70.2 Å². The lowest BCUT2D eigenvalue weighted by atomic mass is 9.98. The molecular formula is C24H25BrN2O3S. The van der Waals surface area contributed by atoms with Crippen LogP contribution in [0.1, 0.15) is 24.0 Å². The number of aryl methyl sites for hydroxylation is 2. The Morgan fingerprint density at radius 3 is 2.42 bits per heavy atom. The average Bonchev–Trinajstić information content (AvgIpc) is 2.75. The number of carbonyl (C=O) groups is 1. The number of nitrogens with one attached hydrogen (secondary N) is 1. The maximum atomic E-state index is 13.3. The number of benzene rings is 3. The van der Waals surface area contributed by atoms with Crippen LogP contribution in [0, 0.1) is 19.8 Å². The van der Waals surface area contributed by atoms with Gasteiger partial charge in [-0.2, -0.15) is 4.31 Å². The van der Waals surface area contributed by atoms with E-state index in [-0.39, 0.29) is 23.3 Å². The second kappa shape index (κ2) is 8.73. The van der Waals surface area contributed by atoms with Crippen molar-refractivity contribution in [2.45, 2.75) is 31.6 Å². The van der Waals surface area contributed by atoms with Crippen LogP contribution < -0.4 is 5.32 Å². The van der Waals surface area contributed by atoms with Crippen LogP contribution in [0.25, 0.3) is 10.8 Å². The number of hydrogen-bond acceptors (Lipinski definition) is 3. The van der Waals surface area contributed by atoms with E-state index in [0.29, 0.717) is 19.4 Å². The van der Waals surface area contributed by atoms with Gasteiger partial charge in [-0.1, -0.05) is 46.3 Å². The van der Waals surface area contributed by atoms with E-state index in [9.17, 15) is 13.2 Å². The van der Waals surface area contributed by atoms with Crippen molar-refractivity contribution in [3.63, 3.8) is 0 Å². The first kappa shape index (κ1) is 22.0. The van der Waals surface area contributed by atoms with Gasteiger partial charge < -0.3 is 5.32 Å². The predicted octanol–water partition coefficient (Wildman–Crippen LogP) is 5.26. The summed E-state index contributed by atoms with van der Waals surface area (Å²) in [6.45, 7) is 4.51. The van der Waals surface area contributed by atoms with Gasteiger partial charge in [-0.05, 0) is 72.9 Å². The van der Waals surface area contributed by atoms with Crippen molar-refractivity contribution < 1.29 is 13.2 Å². The molecule has 1 fully saturated rings. The van der Waals surface area contributed by atoms with Crippen molar-refractivity contribution in [3.8, 4) is 0 Å². The van der Waals surface area contributed by atoms with Crippen LogP contribution in [0.3, 0.4) is 0 Å². The van der Waals surface area contributed by atoms with Crippen molar-refractivity contribution in [2.24, 2.45) is 5.92 Å². The lowest BCUT2D eigenvalue weighted by Gasteiger charge is -2.31. The van der Waals surface area contributed by atoms with Gasteiger partial charge in [0.2, 0.25) is 15.9 Å². The van der Waals surface area contributed by atoms with E-state index >= 15 is 0 Å². The number of hydrogen-bond donors (Lipinski definition) is 1. The van der Waals surface area contributed by atoms with Crippen LogP contribution in [0.2, 0.25) is 0 Å². The van der Waals surface area contributed by atoms with Crippen molar-refractivity contribution in [1.82, 2.24) is 4.31 Å². The molecule has 0 aliphatic carbocycles. The lowest BCUT2D eigenvalue weighted by Crippen LogP contribution is -2.43. The number of nitrogens with zero attached hydrogens (tertiary/aromatic N) is 1. The normalized spacial score (nSPS) is 17.6. The quantitative estimate of drug-likeness (QED) is 0.531. The Bertz CT molecular complexity index is 1230. The Morgan fingerprint density at radius 1 is 1.03 bits per heavy atom. The van der Waals surface area contributed by atoms with E-state index in [0.717, 1.165) is 32.1 Å². The smallest absolute Gasteiger partial charge is 0.243 e. The molecule has 3 aromatic carbocycles. The largest absolute Gasteiger partial charge is 0.325 e. The molecule has 1 aliphatic heterocycles. The molecule has 0 spiro atoms. The molecule has 1 amide bonds. The minimum Gasteiger partial charge on any atom is -0.325 e. The highest BCUT2D eigenvalue weighted by molar-refractivity contribution is 9.10. The average molecular weight is 501 g/mol. The molecule has 0 bridgehead atoms. The zero-order valence-corrected chi connectivity index (χ0v) is 20.0. The van der Waals surface area contributed by atoms with Gasteiger partial charge in [0.15, 0.2) is 0 Å². The molecule has 1 unspecified atom stereocenters. The monoisotopic (exact) mass is 500 g/mol. The molecule has 0 saturated carbocycles. The molecule has 0 radical (unpaired) electrons. The highest BCUT2D eigenvalue weighted by Gasteiger charge is 2.33. The fourth-order valence-corrected chi connectivity index (χ4v) is 6.43. The summed E-state index contributed by atoms with van der Waals surface area (Å²) in [6.07, 6.45) is 1.33. The topological polar surface area (TPSA) is 66.5 Å². The van der Waals surface area contributed by atoms with Gasteiger partial charge in [-0.3, -0.25) is 4.79 Å². The maximum absolute atomic E-state index is 13.3. The number of piperidine rings is 1. The molecule has 1 saturated heterocycles. The molecular weight excluding hydrogens is 476 g/mol.